The van der Waals surface area contributed by atoms with Gasteiger partial charge in [-0.1, -0.05) is 0 Å². The van der Waals surface area contributed by atoms with Crippen molar-refractivity contribution in [3.63, 3.8) is 0 Å². The Morgan fingerprint density at radius 1 is 1.33 bits per heavy atom. The minimum atomic E-state index is -0.298. The fourth-order valence-electron chi connectivity index (χ4n) is 3.88. The molecular weight excluding hydrogens is 306 g/mol. The maximum Gasteiger partial charge on any atom is 0.410 e. The molecule has 0 N–H and O–H groups in total. The molecular formula is C18H27N3O3. The number of carbonyl (C=O) groups excluding carboxylic acids is 1. The first-order valence-corrected chi connectivity index (χ1v) is 8.60. The molecule has 0 unspecified atom stereocenters. The van der Waals surface area contributed by atoms with Gasteiger partial charge in [0, 0.05) is 43.9 Å². The molecule has 1 spiro atoms. The van der Waals surface area contributed by atoms with Crippen LogP contribution in [-0.4, -0.2) is 60.3 Å². The highest BCUT2D eigenvalue weighted by Gasteiger charge is 2.44. The maximum atomic E-state index is 11.7. The van der Waals surface area contributed by atoms with Crippen LogP contribution in [0, 0.1) is 13.8 Å². The summed E-state index contributed by atoms with van der Waals surface area (Å²) < 4.78 is 11.2. The normalized spacial score (nSPS) is 25.0. The number of methoxy groups -OCH3 is 1. The highest BCUT2D eigenvalue weighted by Crippen LogP contribution is 2.33. The van der Waals surface area contributed by atoms with Crippen LogP contribution in [0.2, 0.25) is 0 Å². The minimum Gasteiger partial charge on any atom is -0.496 e. The third-order valence-electron chi connectivity index (χ3n) is 5.25. The van der Waals surface area contributed by atoms with Crippen LogP contribution in [-0.2, 0) is 11.3 Å². The highest BCUT2D eigenvalue weighted by molar-refractivity contribution is 5.70. The van der Waals surface area contributed by atoms with Crippen LogP contribution in [0.5, 0.6) is 5.75 Å². The fraction of sp³-hybridized carbons (Fsp3) is 0.667. The van der Waals surface area contributed by atoms with Crippen molar-refractivity contribution in [1.29, 1.82) is 0 Å². The molecule has 132 valence electrons. The number of carbonyl (C=O) groups is 1. The minimum absolute atomic E-state index is 0.191. The highest BCUT2D eigenvalue weighted by atomic mass is 16.6. The topological polar surface area (TPSA) is 54.9 Å². The molecule has 2 saturated heterocycles. The van der Waals surface area contributed by atoms with E-state index in [2.05, 4.69) is 16.8 Å². The Bertz CT molecular complexity index is 634. The van der Waals surface area contributed by atoms with Gasteiger partial charge in [-0.2, -0.15) is 0 Å². The summed E-state index contributed by atoms with van der Waals surface area (Å²) in [5.74, 6) is 0.928. The molecule has 1 aromatic rings. The Balaban J connectivity index is 1.69. The summed E-state index contributed by atoms with van der Waals surface area (Å²) in [5, 5.41) is 0. The van der Waals surface area contributed by atoms with E-state index in [4.69, 9.17) is 9.47 Å². The first-order chi connectivity index (χ1) is 11.4. The second kappa shape index (κ2) is 6.59. The zero-order valence-corrected chi connectivity index (χ0v) is 15.1. The SMILES string of the molecule is COc1c(C)cnc(CN2CCC[C@]3(CC2)CN(C)C(=O)O3)c1C. The summed E-state index contributed by atoms with van der Waals surface area (Å²) in [6.45, 7) is 7.51. The number of nitrogens with zero attached hydrogens (tertiary/aromatic N) is 3. The van der Waals surface area contributed by atoms with Gasteiger partial charge in [0.15, 0.2) is 0 Å². The van der Waals surface area contributed by atoms with Crippen LogP contribution in [0.4, 0.5) is 4.79 Å². The molecule has 0 bridgehead atoms. The number of aryl methyl sites for hydroxylation is 1. The number of hydrogen-bond donors (Lipinski definition) is 0. The molecule has 24 heavy (non-hydrogen) atoms. The van der Waals surface area contributed by atoms with Gasteiger partial charge in [0.05, 0.1) is 19.3 Å². The largest absolute Gasteiger partial charge is 0.496 e. The van der Waals surface area contributed by atoms with E-state index in [1.807, 2.05) is 20.2 Å². The Morgan fingerprint density at radius 2 is 2.12 bits per heavy atom. The second-order valence-corrected chi connectivity index (χ2v) is 7.08. The number of rotatable bonds is 3. The Kier molecular flexibility index (Phi) is 4.67. The fourth-order valence-corrected chi connectivity index (χ4v) is 3.88. The van der Waals surface area contributed by atoms with E-state index in [0.717, 1.165) is 61.5 Å². The van der Waals surface area contributed by atoms with Gasteiger partial charge in [-0.15, -0.1) is 0 Å². The van der Waals surface area contributed by atoms with Crippen molar-refractivity contribution in [3.8, 4) is 5.75 Å². The van der Waals surface area contributed by atoms with E-state index in [0.29, 0.717) is 6.54 Å². The van der Waals surface area contributed by atoms with Crippen molar-refractivity contribution in [1.82, 2.24) is 14.8 Å². The molecule has 2 aliphatic rings. The van der Waals surface area contributed by atoms with Gasteiger partial charge in [0.2, 0.25) is 0 Å². The summed E-state index contributed by atoms with van der Waals surface area (Å²) >= 11 is 0. The lowest BCUT2D eigenvalue weighted by atomic mass is 9.95. The van der Waals surface area contributed by atoms with Gasteiger partial charge in [-0.05, 0) is 33.2 Å². The predicted octanol–water partition coefficient (Wildman–Crippen LogP) is 2.51. The van der Waals surface area contributed by atoms with E-state index in [-0.39, 0.29) is 11.7 Å². The van der Waals surface area contributed by atoms with Gasteiger partial charge in [-0.25, -0.2) is 4.79 Å². The number of ether oxygens (including phenoxy) is 2. The van der Waals surface area contributed by atoms with Crippen LogP contribution >= 0.6 is 0 Å². The molecule has 1 aromatic heterocycles. The lowest BCUT2D eigenvalue weighted by Gasteiger charge is -2.25. The van der Waals surface area contributed by atoms with E-state index < -0.39 is 0 Å². The molecule has 0 aromatic carbocycles. The van der Waals surface area contributed by atoms with Crippen molar-refractivity contribution in [2.24, 2.45) is 0 Å². The van der Waals surface area contributed by atoms with E-state index >= 15 is 0 Å². The van der Waals surface area contributed by atoms with Gasteiger partial charge in [0.1, 0.15) is 11.4 Å². The van der Waals surface area contributed by atoms with Crippen molar-refractivity contribution < 1.29 is 14.3 Å². The number of likely N-dealkylation sites (N-methyl/N-ethyl adjacent to an activating group) is 1. The predicted molar refractivity (Wildman–Crippen MR) is 91.2 cm³/mol. The van der Waals surface area contributed by atoms with Gasteiger partial charge < -0.3 is 14.4 Å². The molecule has 6 heteroatoms. The standard InChI is InChI=1S/C18H27N3O3/c1-13-10-19-15(14(2)16(13)23-4)11-21-8-5-6-18(7-9-21)12-20(3)17(22)24-18/h10H,5-9,11-12H2,1-4H3/t18-/m0/s1. The zero-order valence-electron chi connectivity index (χ0n) is 15.1. The smallest absolute Gasteiger partial charge is 0.410 e. The molecule has 3 heterocycles. The Morgan fingerprint density at radius 3 is 2.79 bits per heavy atom. The number of pyridine rings is 1. The van der Waals surface area contributed by atoms with Crippen LogP contribution in [0.3, 0.4) is 0 Å². The summed E-state index contributed by atoms with van der Waals surface area (Å²) in [6.07, 6.45) is 4.54. The number of likely N-dealkylation sites (tertiary alicyclic amines) is 1. The van der Waals surface area contributed by atoms with Gasteiger partial charge in [0.25, 0.3) is 0 Å². The first-order valence-electron chi connectivity index (χ1n) is 8.60. The van der Waals surface area contributed by atoms with E-state index in [1.165, 1.54) is 0 Å². The van der Waals surface area contributed by atoms with Crippen molar-refractivity contribution in [2.75, 3.05) is 33.8 Å². The summed E-state index contributed by atoms with van der Waals surface area (Å²) in [7, 11) is 3.52. The number of amides is 1. The molecule has 2 fully saturated rings. The molecule has 6 nitrogen and oxygen atoms in total. The van der Waals surface area contributed by atoms with E-state index in [1.54, 1.807) is 12.0 Å². The zero-order chi connectivity index (χ0) is 17.3. The molecule has 1 atom stereocenters. The Labute approximate surface area is 143 Å². The van der Waals surface area contributed by atoms with Gasteiger partial charge in [-0.3, -0.25) is 9.88 Å². The van der Waals surface area contributed by atoms with Crippen molar-refractivity contribution in [3.05, 3.63) is 23.0 Å². The van der Waals surface area contributed by atoms with Crippen LogP contribution in [0.15, 0.2) is 6.20 Å². The third kappa shape index (κ3) is 3.20. The average Bonchev–Trinajstić information content (AvgIpc) is 2.70. The van der Waals surface area contributed by atoms with Crippen LogP contribution in [0.25, 0.3) is 0 Å². The summed E-state index contributed by atoms with van der Waals surface area (Å²) in [5.41, 5.74) is 2.94. The molecule has 2 aliphatic heterocycles. The first kappa shape index (κ1) is 17.0. The molecule has 0 aliphatic carbocycles. The molecule has 3 rings (SSSR count). The monoisotopic (exact) mass is 333 g/mol. The van der Waals surface area contributed by atoms with Crippen molar-refractivity contribution >= 4 is 6.09 Å². The van der Waals surface area contributed by atoms with Crippen molar-refractivity contribution in [2.45, 2.75) is 45.3 Å². The van der Waals surface area contributed by atoms with Crippen LogP contribution < -0.4 is 4.74 Å². The maximum absolute atomic E-state index is 11.7. The average molecular weight is 333 g/mol. The molecule has 0 radical (unpaired) electrons. The lowest BCUT2D eigenvalue weighted by Crippen LogP contribution is -2.35. The van der Waals surface area contributed by atoms with Gasteiger partial charge >= 0.3 is 6.09 Å². The third-order valence-corrected chi connectivity index (χ3v) is 5.25. The Hall–Kier alpha value is -1.82. The lowest BCUT2D eigenvalue weighted by molar-refractivity contribution is 0.0442. The number of hydrogen-bond acceptors (Lipinski definition) is 5. The van der Waals surface area contributed by atoms with E-state index in [9.17, 15) is 4.79 Å². The summed E-state index contributed by atoms with van der Waals surface area (Å²) in [4.78, 5) is 20.4. The molecule has 0 saturated carbocycles. The quantitative estimate of drug-likeness (QED) is 0.851. The van der Waals surface area contributed by atoms with Crippen LogP contribution in [0.1, 0.15) is 36.1 Å². The molecule has 1 amide bonds. The second-order valence-electron chi connectivity index (χ2n) is 7.08. The number of aromatic nitrogens is 1. The summed E-state index contributed by atoms with van der Waals surface area (Å²) in [6, 6.07) is 0.